The average Bonchev–Trinajstić information content (AvgIpc) is 2.61. The van der Waals surface area contributed by atoms with Crippen LogP contribution in [0.25, 0.3) is 0 Å². The van der Waals surface area contributed by atoms with Gasteiger partial charge < -0.3 is 20.9 Å². The third-order valence-electron chi connectivity index (χ3n) is 2.47. The Hall–Kier alpha value is -1.60. The molecule has 1 aromatic rings. The molecule has 20 heavy (non-hydrogen) atoms. The number of aliphatic imine (C=N–C) groups is 1. The van der Waals surface area contributed by atoms with E-state index >= 15 is 0 Å². The monoisotopic (exact) mass is 314 g/mol. The number of benzene rings is 1. The number of fused-ring (bicyclic) bond motifs is 1. The summed E-state index contributed by atoms with van der Waals surface area (Å²) < 4.78 is 11.2. The van der Waals surface area contributed by atoms with E-state index in [1.54, 1.807) is 6.07 Å². The highest BCUT2D eigenvalue weighted by Gasteiger charge is 2.15. The normalized spacial score (nSPS) is 13.4. The van der Waals surface area contributed by atoms with Crippen molar-refractivity contribution in [1.29, 1.82) is 5.41 Å². The smallest absolute Gasteiger partial charge is 0.193 e. The van der Waals surface area contributed by atoms with Crippen molar-refractivity contribution in [2.24, 2.45) is 16.5 Å². The maximum atomic E-state index is 7.57. The van der Waals surface area contributed by atoms with Crippen LogP contribution < -0.4 is 20.9 Å². The Balaban J connectivity index is 2.10. The van der Waals surface area contributed by atoms with Gasteiger partial charge in [-0.3, -0.25) is 5.41 Å². The molecule has 108 valence electrons. The largest absolute Gasteiger partial charge is 0.489 e. The number of thioether (sulfide) groups is 1. The van der Waals surface area contributed by atoms with Crippen LogP contribution in [0.4, 0.5) is 0 Å². The fourth-order valence-corrected chi connectivity index (χ4v) is 2.60. The highest BCUT2D eigenvalue weighted by Crippen LogP contribution is 2.38. The van der Waals surface area contributed by atoms with Crippen molar-refractivity contribution in [3.05, 3.63) is 22.7 Å². The van der Waals surface area contributed by atoms with Gasteiger partial charge in [-0.2, -0.15) is 4.99 Å². The molecule has 0 bridgehead atoms. The van der Waals surface area contributed by atoms with E-state index in [0.717, 1.165) is 12.0 Å². The lowest BCUT2D eigenvalue weighted by Gasteiger charge is -2.11. The van der Waals surface area contributed by atoms with Crippen LogP contribution in [0.3, 0.4) is 0 Å². The molecule has 0 atom stereocenters. The number of nitrogens with two attached hydrogens (primary N) is 2. The van der Waals surface area contributed by atoms with Gasteiger partial charge in [-0.1, -0.05) is 23.4 Å². The van der Waals surface area contributed by atoms with E-state index in [1.807, 2.05) is 6.07 Å². The van der Waals surface area contributed by atoms with Crippen LogP contribution in [0.1, 0.15) is 12.0 Å². The first kappa shape index (κ1) is 14.8. The van der Waals surface area contributed by atoms with Gasteiger partial charge in [-0.15, -0.1) is 0 Å². The number of ether oxygens (including phenoxy) is 2. The maximum Gasteiger partial charge on any atom is 0.193 e. The molecular formula is C12H15ClN4O2S. The Kier molecular flexibility index (Phi) is 4.97. The fourth-order valence-electron chi connectivity index (χ4n) is 1.67. The topological polar surface area (TPSA) is 107 Å². The lowest BCUT2D eigenvalue weighted by molar-refractivity contribution is 0.297. The first-order valence-electron chi connectivity index (χ1n) is 5.95. The van der Waals surface area contributed by atoms with Crippen LogP contribution in [0, 0.1) is 5.41 Å². The fraction of sp³-hybridized carbons (Fsp3) is 0.333. The number of hydrogen-bond acceptors (Lipinski definition) is 4. The van der Waals surface area contributed by atoms with E-state index in [9.17, 15) is 0 Å². The number of guanidine groups is 1. The van der Waals surface area contributed by atoms with Crippen molar-refractivity contribution < 1.29 is 9.47 Å². The highest BCUT2D eigenvalue weighted by molar-refractivity contribution is 8.13. The highest BCUT2D eigenvalue weighted by atomic mass is 35.5. The van der Waals surface area contributed by atoms with Gasteiger partial charge in [-0.05, 0) is 17.7 Å². The molecule has 0 saturated heterocycles. The summed E-state index contributed by atoms with van der Waals surface area (Å²) in [4.78, 5) is 3.65. The van der Waals surface area contributed by atoms with Gasteiger partial charge in [0, 0.05) is 12.2 Å². The molecule has 0 saturated carbocycles. The van der Waals surface area contributed by atoms with Crippen LogP contribution in [0.15, 0.2) is 17.1 Å². The van der Waals surface area contributed by atoms with Crippen LogP contribution in [-0.2, 0) is 5.75 Å². The summed E-state index contributed by atoms with van der Waals surface area (Å²) in [6, 6.07) is 3.66. The summed E-state index contributed by atoms with van der Waals surface area (Å²) in [7, 11) is 0. The zero-order valence-electron chi connectivity index (χ0n) is 10.7. The van der Waals surface area contributed by atoms with Crippen LogP contribution in [0.5, 0.6) is 11.5 Å². The van der Waals surface area contributed by atoms with Gasteiger partial charge in [0.2, 0.25) is 0 Å². The molecule has 2 rings (SSSR count). The van der Waals surface area contributed by atoms with Gasteiger partial charge in [0.25, 0.3) is 0 Å². The van der Waals surface area contributed by atoms with E-state index in [4.69, 9.17) is 38.0 Å². The lowest BCUT2D eigenvalue weighted by Crippen LogP contribution is -2.23. The van der Waals surface area contributed by atoms with Gasteiger partial charge in [0.15, 0.2) is 22.6 Å². The third kappa shape index (κ3) is 3.94. The van der Waals surface area contributed by atoms with E-state index in [0.29, 0.717) is 35.5 Å². The minimum atomic E-state index is -0.126. The van der Waals surface area contributed by atoms with Crippen LogP contribution in [0.2, 0.25) is 5.02 Å². The number of nitrogens with zero attached hydrogens (tertiary/aromatic N) is 1. The molecule has 0 spiro atoms. The Morgan fingerprint density at radius 1 is 1.35 bits per heavy atom. The van der Waals surface area contributed by atoms with Gasteiger partial charge in [0.1, 0.15) is 0 Å². The molecule has 0 unspecified atom stereocenters. The minimum Gasteiger partial charge on any atom is -0.489 e. The van der Waals surface area contributed by atoms with E-state index < -0.39 is 0 Å². The van der Waals surface area contributed by atoms with Crippen molar-refractivity contribution in [2.45, 2.75) is 12.2 Å². The standard InChI is InChI=1S/C12H15ClN4O2S/c13-8-4-7(6-20-12(16)17-11(14)15)5-9-10(8)19-3-1-2-18-9/h4-5H,1-3,6H2,(H5,14,15,16,17). The predicted octanol–water partition coefficient (Wildman–Crippen LogP) is 1.94. The Morgan fingerprint density at radius 3 is 2.85 bits per heavy atom. The van der Waals surface area contributed by atoms with Crippen molar-refractivity contribution in [1.82, 2.24) is 0 Å². The number of hydrogen-bond donors (Lipinski definition) is 3. The molecule has 1 aliphatic heterocycles. The SMILES string of the molecule is N=C(N=C(N)N)SCc1cc(Cl)c2c(c1)OCCCO2. The molecule has 0 fully saturated rings. The van der Waals surface area contributed by atoms with Gasteiger partial charge in [0.05, 0.1) is 18.2 Å². The second-order valence-corrected chi connectivity index (χ2v) is 5.46. The van der Waals surface area contributed by atoms with Crippen molar-refractivity contribution in [3.63, 3.8) is 0 Å². The molecule has 8 heteroatoms. The van der Waals surface area contributed by atoms with Crippen LogP contribution >= 0.6 is 23.4 Å². The van der Waals surface area contributed by atoms with Crippen LogP contribution in [-0.4, -0.2) is 24.3 Å². The zero-order chi connectivity index (χ0) is 14.5. The summed E-state index contributed by atoms with van der Waals surface area (Å²) >= 11 is 7.39. The van der Waals surface area contributed by atoms with E-state index in [1.165, 1.54) is 11.8 Å². The molecule has 0 aromatic heterocycles. The molecule has 5 N–H and O–H groups in total. The van der Waals surface area contributed by atoms with Gasteiger partial charge in [-0.25, -0.2) is 0 Å². The van der Waals surface area contributed by atoms with Crippen molar-refractivity contribution in [3.8, 4) is 11.5 Å². The average molecular weight is 315 g/mol. The maximum absolute atomic E-state index is 7.57. The lowest BCUT2D eigenvalue weighted by atomic mass is 10.2. The Labute approximate surface area is 126 Å². The summed E-state index contributed by atoms with van der Waals surface area (Å²) in [6.45, 7) is 1.19. The molecule has 6 nitrogen and oxygen atoms in total. The Bertz CT molecular complexity index is 547. The number of rotatable bonds is 2. The molecule has 0 amide bonds. The molecule has 1 aromatic carbocycles. The van der Waals surface area contributed by atoms with Gasteiger partial charge >= 0.3 is 0 Å². The molecular weight excluding hydrogens is 300 g/mol. The molecule has 0 aliphatic carbocycles. The first-order chi connectivity index (χ1) is 9.56. The minimum absolute atomic E-state index is 0.0493. The summed E-state index contributed by atoms with van der Waals surface area (Å²) in [5.41, 5.74) is 11.3. The first-order valence-corrected chi connectivity index (χ1v) is 7.31. The Morgan fingerprint density at radius 2 is 2.10 bits per heavy atom. The van der Waals surface area contributed by atoms with E-state index in [2.05, 4.69) is 4.99 Å². The molecule has 1 heterocycles. The van der Waals surface area contributed by atoms with Crippen molar-refractivity contribution in [2.75, 3.05) is 13.2 Å². The second-order valence-electron chi connectivity index (χ2n) is 4.09. The second kappa shape index (κ2) is 6.71. The van der Waals surface area contributed by atoms with Crippen molar-refractivity contribution >= 4 is 34.5 Å². The number of nitrogens with one attached hydrogen (secondary N) is 1. The third-order valence-corrected chi connectivity index (χ3v) is 3.59. The number of halogens is 1. The van der Waals surface area contributed by atoms with E-state index in [-0.39, 0.29) is 11.1 Å². The molecule has 1 aliphatic rings. The summed E-state index contributed by atoms with van der Waals surface area (Å²) in [5, 5.41) is 8.13. The predicted molar refractivity (Wildman–Crippen MR) is 81.9 cm³/mol. The summed E-state index contributed by atoms with van der Waals surface area (Å²) in [5.74, 6) is 1.61. The number of amidine groups is 1. The zero-order valence-corrected chi connectivity index (χ0v) is 12.3. The quantitative estimate of drug-likeness (QED) is 0.571. The summed E-state index contributed by atoms with van der Waals surface area (Å²) in [6.07, 6.45) is 0.824. The molecule has 0 radical (unpaired) electrons.